The molecule has 5 atom stereocenters. The van der Waals surface area contributed by atoms with E-state index in [1.54, 1.807) is 12.1 Å². The minimum absolute atomic E-state index is 0.0276. The first-order valence-electron chi connectivity index (χ1n) is 12.3. The van der Waals surface area contributed by atoms with Crippen LogP contribution in [0.5, 0.6) is 0 Å². The van der Waals surface area contributed by atoms with Gasteiger partial charge >= 0.3 is 5.97 Å². The summed E-state index contributed by atoms with van der Waals surface area (Å²) in [5, 5.41) is 21.5. The highest BCUT2D eigenvalue weighted by Crippen LogP contribution is 2.53. The monoisotopic (exact) mass is 460 g/mol. The van der Waals surface area contributed by atoms with Crippen LogP contribution in [0, 0.1) is 23.2 Å². The molecule has 176 valence electrons. The second-order valence-corrected chi connectivity index (χ2v) is 10.9. The number of hydrogen-bond acceptors (Lipinski definition) is 4. The summed E-state index contributed by atoms with van der Waals surface area (Å²) < 4.78 is 4.76. The van der Waals surface area contributed by atoms with Gasteiger partial charge in [-0.3, -0.25) is 0 Å². The van der Waals surface area contributed by atoms with Gasteiger partial charge in [0, 0.05) is 11.3 Å². The number of methoxy groups -OCH3 is 1. The topological polar surface area (TPSA) is 66.8 Å². The summed E-state index contributed by atoms with van der Waals surface area (Å²) in [6.45, 7) is 0. The van der Waals surface area contributed by atoms with E-state index in [-0.39, 0.29) is 34.7 Å². The lowest BCUT2D eigenvalue weighted by molar-refractivity contribution is -0.0430. The molecule has 3 aliphatic carbocycles. The Hall–Kier alpha value is -1.36. The fourth-order valence-electron chi connectivity index (χ4n) is 5.81. The van der Waals surface area contributed by atoms with Crippen molar-refractivity contribution in [3.05, 3.63) is 47.5 Å². The second-order valence-electron chi connectivity index (χ2n) is 10.3. The van der Waals surface area contributed by atoms with Gasteiger partial charge < -0.3 is 14.9 Å². The van der Waals surface area contributed by atoms with Gasteiger partial charge in [-0.25, -0.2) is 4.79 Å². The van der Waals surface area contributed by atoms with Gasteiger partial charge in [-0.2, -0.15) is 0 Å². The molecule has 0 aromatic heterocycles. The highest BCUT2D eigenvalue weighted by molar-refractivity contribution is 6.21. The fraction of sp³-hybridized carbons (Fsp3) is 0.667. The van der Waals surface area contributed by atoms with Gasteiger partial charge in [0.2, 0.25) is 0 Å². The first kappa shape index (κ1) is 23.8. The van der Waals surface area contributed by atoms with Gasteiger partial charge in [-0.1, -0.05) is 43.5 Å². The molecule has 5 heteroatoms. The van der Waals surface area contributed by atoms with Crippen LogP contribution in [0.3, 0.4) is 0 Å². The number of halogens is 1. The number of carbonyl (C=O) groups excluding carboxylic acids is 1. The Morgan fingerprint density at radius 2 is 2.00 bits per heavy atom. The highest BCUT2D eigenvalue weighted by Gasteiger charge is 2.46. The number of benzene rings is 1. The van der Waals surface area contributed by atoms with Gasteiger partial charge in [-0.15, -0.1) is 11.6 Å². The molecule has 1 aromatic carbocycles. The third kappa shape index (κ3) is 5.40. The largest absolute Gasteiger partial charge is 0.465 e. The average Bonchev–Trinajstić information content (AvgIpc) is 3.54. The summed E-state index contributed by atoms with van der Waals surface area (Å²) in [7, 11) is 1.38. The summed E-state index contributed by atoms with van der Waals surface area (Å²) in [4.78, 5) is 11.6. The van der Waals surface area contributed by atoms with E-state index in [2.05, 4.69) is 12.2 Å². The average molecular weight is 461 g/mol. The summed E-state index contributed by atoms with van der Waals surface area (Å²) in [5.74, 6) is 0.738. The van der Waals surface area contributed by atoms with E-state index in [0.717, 1.165) is 37.2 Å². The molecule has 3 fully saturated rings. The minimum Gasteiger partial charge on any atom is -0.465 e. The predicted molar refractivity (Wildman–Crippen MR) is 127 cm³/mol. The molecule has 32 heavy (non-hydrogen) atoms. The maximum Gasteiger partial charge on any atom is 0.337 e. The van der Waals surface area contributed by atoms with Crippen LogP contribution in [0.2, 0.25) is 0 Å². The molecule has 1 aromatic rings. The quantitative estimate of drug-likeness (QED) is 0.283. The lowest BCUT2D eigenvalue weighted by atomic mass is 9.61. The van der Waals surface area contributed by atoms with Crippen LogP contribution < -0.4 is 0 Å². The number of aryl methyl sites for hydroxylation is 1. The van der Waals surface area contributed by atoms with Crippen molar-refractivity contribution in [1.29, 1.82) is 0 Å². The van der Waals surface area contributed by atoms with E-state index in [4.69, 9.17) is 16.3 Å². The Balaban J connectivity index is 1.32. The van der Waals surface area contributed by atoms with Crippen molar-refractivity contribution in [2.75, 3.05) is 7.11 Å². The molecule has 0 bridgehead atoms. The summed E-state index contributed by atoms with van der Waals surface area (Å²) in [6, 6.07) is 7.50. The second kappa shape index (κ2) is 10.3. The summed E-state index contributed by atoms with van der Waals surface area (Å²) in [6.07, 6.45) is 13.9. The van der Waals surface area contributed by atoms with E-state index in [0.29, 0.717) is 18.4 Å². The number of esters is 1. The number of ether oxygens (including phenoxy) is 1. The summed E-state index contributed by atoms with van der Waals surface area (Å²) in [5.41, 5.74) is 1.84. The van der Waals surface area contributed by atoms with E-state index in [9.17, 15) is 15.0 Å². The maximum atomic E-state index is 11.6. The smallest absolute Gasteiger partial charge is 0.337 e. The molecule has 4 nitrogen and oxygen atoms in total. The lowest BCUT2D eigenvalue weighted by Crippen LogP contribution is -2.41. The molecule has 0 spiro atoms. The van der Waals surface area contributed by atoms with Crippen LogP contribution in [-0.2, 0) is 11.2 Å². The van der Waals surface area contributed by atoms with Crippen LogP contribution in [0.25, 0.3) is 0 Å². The Bertz CT molecular complexity index is 796. The van der Waals surface area contributed by atoms with Gasteiger partial charge in [0.25, 0.3) is 0 Å². The van der Waals surface area contributed by atoms with Crippen molar-refractivity contribution >= 4 is 17.6 Å². The molecular formula is C27H37ClO4. The van der Waals surface area contributed by atoms with Crippen molar-refractivity contribution in [1.82, 2.24) is 0 Å². The van der Waals surface area contributed by atoms with Crippen LogP contribution in [0.1, 0.15) is 73.7 Å². The number of rotatable bonds is 10. The standard InChI is InChI=1S/C27H37ClO4/c1-32-26(31)20-11-8-18(9-12-20)10-13-21-22(24(29)16-23(21)28)4-2-5-25(30)27(14-3-15-27)17-19-6-7-19/h2,4,8-9,11-12,19,21-25,29-30H,3,5-7,10,13-17H2,1H3/b4-2+/t21-,22-,23?,24?,25?/m1/s1. The fourth-order valence-corrected chi connectivity index (χ4v) is 6.28. The van der Waals surface area contributed by atoms with Gasteiger partial charge in [-0.05, 0) is 79.9 Å². The number of alkyl halides is 1. The van der Waals surface area contributed by atoms with E-state index < -0.39 is 6.10 Å². The first-order valence-corrected chi connectivity index (χ1v) is 12.7. The molecule has 0 amide bonds. The van der Waals surface area contributed by atoms with Crippen molar-refractivity contribution in [3.63, 3.8) is 0 Å². The van der Waals surface area contributed by atoms with E-state index in [1.165, 1.54) is 32.8 Å². The number of carbonyl (C=O) groups is 1. The van der Waals surface area contributed by atoms with Crippen LogP contribution in [0.4, 0.5) is 0 Å². The number of hydrogen-bond donors (Lipinski definition) is 2. The molecule has 0 aliphatic heterocycles. The van der Waals surface area contributed by atoms with Crippen LogP contribution >= 0.6 is 11.6 Å². The molecular weight excluding hydrogens is 424 g/mol. The van der Waals surface area contributed by atoms with Crippen LogP contribution in [0.15, 0.2) is 36.4 Å². The normalized spacial score (nSPS) is 30.2. The van der Waals surface area contributed by atoms with Gasteiger partial charge in [0.1, 0.15) is 0 Å². The van der Waals surface area contributed by atoms with Crippen molar-refractivity contribution in [2.45, 2.75) is 81.8 Å². The molecule has 4 rings (SSSR count). The Morgan fingerprint density at radius 3 is 2.59 bits per heavy atom. The lowest BCUT2D eigenvalue weighted by Gasteiger charge is -2.46. The van der Waals surface area contributed by atoms with E-state index in [1.807, 2.05) is 12.1 Å². The zero-order chi connectivity index (χ0) is 22.7. The Labute approximate surface area is 197 Å². The SMILES string of the molecule is COC(=O)c1ccc(CC[C@H]2C(Cl)CC(O)[C@@H]2/C=C/CC(O)C2(CC3CC3)CCC2)cc1. The number of aliphatic hydroxyl groups excluding tert-OH is 2. The third-order valence-electron chi connectivity index (χ3n) is 8.18. The first-order chi connectivity index (χ1) is 15.4. The van der Waals surface area contributed by atoms with Gasteiger partial charge in [0.05, 0.1) is 24.9 Å². The predicted octanol–water partition coefficient (Wildman–Crippen LogP) is 5.29. The minimum atomic E-state index is -0.429. The molecule has 0 radical (unpaired) electrons. The Kier molecular flexibility index (Phi) is 7.64. The van der Waals surface area contributed by atoms with E-state index >= 15 is 0 Å². The third-order valence-corrected chi connectivity index (χ3v) is 8.68. The molecule has 3 aliphatic rings. The molecule has 0 heterocycles. The molecule has 3 saturated carbocycles. The highest BCUT2D eigenvalue weighted by atomic mass is 35.5. The zero-order valence-corrected chi connectivity index (χ0v) is 19.8. The molecule has 3 unspecified atom stereocenters. The maximum absolute atomic E-state index is 11.6. The Morgan fingerprint density at radius 1 is 1.28 bits per heavy atom. The van der Waals surface area contributed by atoms with Crippen molar-refractivity contribution < 1.29 is 19.7 Å². The van der Waals surface area contributed by atoms with Crippen molar-refractivity contribution in [2.24, 2.45) is 23.2 Å². The van der Waals surface area contributed by atoms with Gasteiger partial charge in [0.15, 0.2) is 0 Å². The van der Waals surface area contributed by atoms with Crippen molar-refractivity contribution in [3.8, 4) is 0 Å². The van der Waals surface area contributed by atoms with Crippen LogP contribution in [-0.4, -0.2) is 40.9 Å². The number of aliphatic hydroxyl groups is 2. The zero-order valence-electron chi connectivity index (χ0n) is 19.1. The molecule has 2 N–H and O–H groups in total. The summed E-state index contributed by atoms with van der Waals surface area (Å²) >= 11 is 6.63. The molecule has 0 saturated heterocycles.